The minimum atomic E-state index is -0.234. The van der Waals surface area contributed by atoms with Crippen LogP contribution < -0.4 is 5.32 Å². The number of carbonyl (C=O) groups is 1. The largest absolute Gasteiger partial charge is 0.451 e. The van der Waals surface area contributed by atoms with Crippen LogP contribution in [-0.2, 0) is 0 Å². The summed E-state index contributed by atoms with van der Waals surface area (Å²) < 4.78 is 5.76. The number of hydrogen-bond acceptors (Lipinski definition) is 2. The van der Waals surface area contributed by atoms with Crippen LogP contribution in [0.15, 0.2) is 65.1 Å². The molecule has 24 heavy (non-hydrogen) atoms. The maximum Gasteiger partial charge on any atom is 0.291 e. The summed E-state index contributed by atoms with van der Waals surface area (Å²) in [5, 5.41) is 6.11. The van der Waals surface area contributed by atoms with Crippen molar-refractivity contribution in [2.45, 2.75) is 13.8 Å². The highest BCUT2D eigenvalue weighted by Gasteiger charge is 2.14. The third-order valence-electron chi connectivity index (χ3n) is 4.28. The Morgan fingerprint density at radius 3 is 2.58 bits per heavy atom. The van der Waals surface area contributed by atoms with Crippen molar-refractivity contribution < 1.29 is 9.21 Å². The molecule has 0 radical (unpaired) electrons. The average molecular weight is 315 g/mol. The molecule has 1 heterocycles. The van der Waals surface area contributed by atoms with Crippen molar-refractivity contribution in [1.82, 2.24) is 0 Å². The molecule has 1 aromatic heterocycles. The lowest BCUT2D eigenvalue weighted by molar-refractivity contribution is 0.0998. The molecule has 0 aliphatic heterocycles. The number of hydrogen-bond donors (Lipinski definition) is 1. The second-order valence-corrected chi connectivity index (χ2v) is 6.08. The second kappa shape index (κ2) is 5.53. The number of nitrogens with one attached hydrogen (secondary N) is 1. The SMILES string of the molecule is Cc1ccc(NC(=O)c2cc3c(ccc4ccccc43)o2)c(C)c1. The van der Waals surface area contributed by atoms with Gasteiger partial charge in [0.15, 0.2) is 5.76 Å². The number of carbonyl (C=O) groups excluding carboxylic acids is 1. The van der Waals surface area contributed by atoms with Gasteiger partial charge < -0.3 is 9.73 Å². The van der Waals surface area contributed by atoms with Gasteiger partial charge in [-0.25, -0.2) is 0 Å². The van der Waals surface area contributed by atoms with Gasteiger partial charge in [-0.05, 0) is 48.4 Å². The van der Waals surface area contributed by atoms with Crippen LogP contribution in [0, 0.1) is 13.8 Å². The number of benzene rings is 3. The van der Waals surface area contributed by atoms with E-state index in [4.69, 9.17) is 4.42 Å². The Morgan fingerprint density at radius 1 is 0.917 bits per heavy atom. The van der Waals surface area contributed by atoms with E-state index >= 15 is 0 Å². The van der Waals surface area contributed by atoms with E-state index in [1.807, 2.05) is 68.4 Å². The molecule has 4 rings (SSSR count). The molecule has 3 heteroatoms. The Labute approximate surface area is 139 Å². The van der Waals surface area contributed by atoms with Gasteiger partial charge in [0.2, 0.25) is 0 Å². The molecule has 0 bridgehead atoms. The van der Waals surface area contributed by atoms with Crippen LogP contribution >= 0.6 is 0 Å². The van der Waals surface area contributed by atoms with Crippen LogP contribution in [0.3, 0.4) is 0 Å². The number of amides is 1. The van der Waals surface area contributed by atoms with E-state index < -0.39 is 0 Å². The first kappa shape index (κ1) is 14.5. The third kappa shape index (κ3) is 2.44. The summed E-state index contributed by atoms with van der Waals surface area (Å²) in [6.45, 7) is 4.01. The van der Waals surface area contributed by atoms with Crippen molar-refractivity contribution >= 4 is 33.3 Å². The highest BCUT2D eigenvalue weighted by atomic mass is 16.3. The molecular weight excluding hydrogens is 298 g/mol. The molecule has 3 nitrogen and oxygen atoms in total. The van der Waals surface area contributed by atoms with Gasteiger partial charge in [-0.2, -0.15) is 0 Å². The number of rotatable bonds is 2. The maximum absolute atomic E-state index is 12.6. The molecule has 0 spiro atoms. The van der Waals surface area contributed by atoms with Crippen molar-refractivity contribution in [3.8, 4) is 0 Å². The van der Waals surface area contributed by atoms with Crippen LogP contribution in [-0.4, -0.2) is 5.91 Å². The van der Waals surface area contributed by atoms with Gasteiger partial charge in [-0.15, -0.1) is 0 Å². The van der Waals surface area contributed by atoms with Gasteiger partial charge in [0.1, 0.15) is 5.58 Å². The summed E-state index contributed by atoms with van der Waals surface area (Å²) in [6.07, 6.45) is 0. The predicted octanol–water partition coefficient (Wildman–Crippen LogP) is 5.46. The standard InChI is InChI=1S/C21H17NO2/c1-13-7-9-18(14(2)11-13)22-21(23)20-12-17-16-6-4-3-5-15(16)8-10-19(17)24-20/h3-12H,1-2H3,(H,22,23). The number of fused-ring (bicyclic) bond motifs is 3. The normalized spacial score (nSPS) is 11.1. The summed E-state index contributed by atoms with van der Waals surface area (Å²) in [5.74, 6) is 0.0866. The summed E-state index contributed by atoms with van der Waals surface area (Å²) >= 11 is 0. The fourth-order valence-corrected chi connectivity index (χ4v) is 3.04. The van der Waals surface area contributed by atoms with Crippen molar-refractivity contribution in [1.29, 1.82) is 0 Å². The quantitative estimate of drug-likeness (QED) is 0.534. The van der Waals surface area contributed by atoms with E-state index in [2.05, 4.69) is 11.4 Å². The van der Waals surface area contributed by atoms with Crippen LogP contribution in [0.4, 0.5) is 5.69 Å². The van der Waals surface area contributed by atoms with E-state index in [0.29, 0.717) is 5.76 Å². The van der Waals surface area contributed by atoms with Crippen molar-refractivity contribution in [3.05, 3.63) is 77.6 Å². The fraction of sp³-hybridized carbons (Fsp3) is 0.0952. The van der Waals surface area contributed by atoms with E-state index in [0.717, 1.165) is 33.0 Å². The molecule has 0 saturated heterocycles. The van der Waals surface area contributed by atoms with E-state index in [-0.39, 0.29) is 5.91 Å². The monoisotopic (exact) mass is 315 g/mol. The maximum atomic E-state index is 12.6. The Morgan fingerprint density at radius 2 is 1.75 bits per heavy atom. The lowest BCUT2D eigenvalue weighted by Crippen LogP contribution is -2.11. The molecule has 0 saturated carbocycles. The molecule has 0 aliphatic rings. The Bertz CT molecular complexity index is 1080. The molecule has 1 N–H and O–H groups in total. The zero-order valence-corrected chi connectivity index (χ0v) is 13.6. The van der Waals surface area contributed by atoms with Gasteiger partial charge in [0.05, 0.1) is 0 Å². The first-order valence-electron chi connectivity index (χ1n) is 7.92. The lowest BCUT2D eigenvalue weighted by Gasteiger charge is -2.07. The van der Waals surface area contributed by atoms with Crippen molar-refractivity contribution in [3.63, 3.8) is 0 Å². The molecule has 0 unspecified atom stereocenters. The summed E-state index contributed by atoms with van der Waals surface area (Å²) in [5.41, 5.74) is 3.72. The van der Waals surface area contributed by atoms with Gasteiger partial charge in [-0.3, -0.25) is 4.79 Å². The van der Waals surface area contributed by atoms with Crippen LogP contribution in [0.1, 0.15) is 21.7 Å². The highest BCUT2D eigenvalue weighted by Crippen LogP contribution is 2.28. The average Bonchev–Trinajstić information content (AvgIpc) is 3.02. The molecular formula is C21H17NO2. The zero-order valence-electron chi connectivity index (χ0n) is 13.6. The Hall–Kier alpha value is -3.07. The number of anilines is 1. The first-order chi connectivity index (χ1) is 11.6. The molecule has 0 aliphatic carbocycles. The topological polar surface area (TPSA) is 42.2 Å². The number of aryl methyl sites for hydroxylation is 2. The van der Waals surface area contributed by atoms with Crippen LogP contribution in [0.5, 0.6) is 0 Å². The Kier molecular flexibility index (Phi) is 3.35. The molecule has 118 valence electrons. The first-order valence-corrected chi connectivity index (χ1v) is 7.92. The van der Waals surface area contributed by atoms with Gasteiger partial charge in [0, 0.05) is 11.1 Å². The predicted molar refractivity (Wildman–Crippen MR) is 97.6 cm³/mol. The second-order valence-electron chi connectivity index (χ2n) is 6.08. The highest BCUT2D eigenvalue weighted by molar-refractivity contribution is 6.10. The lowest BCUT2D eigenvalue weighted by atomic mass is 10.1. The van der Waals surface area contributed by atoms with Crippen molar-refractivity contribution in [2.75, 3.05) is 5.32 Å². The van der Waals surface area contributed by atoms with E-state index in [1.54, 1.807) is 0 Å². The summed E-state index contributed by atoms with van der Waals surface area (Å²) in [7, 11) is 0. The minimum Gasteiger partial charge on any atom is -0.451 e. The van der Waals surface area contributed by atoms with Crippen LogP contribution in [0.2, 0.25) is 0 Å². The van der Waals surface area contributed by atoms with Gasteiger partial charge in [0.25, 0.3) is 5.91 Å². The van der Waals surface area contributed by atoms with Gasteiger partial charge in [-0.1, -0.05) is 48.0 Å². The van der Waals surface area contributed by atoms with E-state index in [9.17, 15) is 4.79 Å². The third-order valence-corrected chi connectivity index (χ3v) is 4.28. The molecule has 0 fully saturated rings. The molecule has 3 aromatic carbocycles. The smallest absolute Gasteiger partial charge is 0.291 e. The van der Waals surface area contributed by atoms with Crippen LogP contribution in [0.25, 0.3) is 21.7 Å². The molecule has 1 amide bonds. The minimum absolute atomic E-state index is 0.234. The Balaban J connectivity index is 1.73. The summed E-state index contributed by atoms with van der Waals surface area (Å²) in [6, 6.07) is 19.8. The molecule has 4 aromatic rings. The molecule has 0 atom stereocenters. The fourth-order valence-electron chi connectivity index (χ4n) is 3.04. The zero-order chi connectivity index (χ0) is 16.7. The van der Waals surface area contributed by atoms with Gasteiger partial charge >= 0.3 is 0 Å². The van der Waals surface area contributed by atoms with Crippen molar-refractivity contribution in [2.24, 2.45) is 0 Å². The summed E-state index contributed by atoms with van der Waals surface area (Å²) in [4.78, 5) is 12.6. The van der Waals surface area contributed by atoms with E-state index in [1.165, 1.54) is 5.56 Å². The number of furan rings is 1.